The lowest BCUT2D eigenvalue weighted by Gasteiger charge is -2.04. The Balaban J connectivity index is 3.01. The van der Waals surface area contributed by atoms with Crippen molar-refractivity contribution in [1.82, 2.24) is 0 Å². The van der Waals surface area contributed by atoms with Gasteiger partial charge in [-0.25, -0.2) is 4.79 Å². The maximum Gasteiger partial charge on any atom is 0.344 e. The molecule has 0 aliphatic carbocycles. The van der Waals surface area contributed by atoms with Gasteiger partial charge in [0.25, 0.3) is 0 Å². The highest BCUT2D eigenvalue weighted by molar-refractivity contribution is 5.92. The van der Waals surface area contributed by atoms with Crippen molar-refractivity contribution < 1.29 is 19.7 Å². The SMILES string of the molecule is O=c1oc(CO)c(O)c2c(O)cccc12. The average molecular weight is 208 g/mol. The third-order valence-corrected chi connectivity index (χ3v) is 2.12. The molecule has 15 heavy (non-hydrogen) atoms. The van der Waals surface area contributed by atoms with Gasteiger partial charge >= 0.3 is 5.63 Å². The van der Waals surface area contributed by atoms with Crippen LogP contribution in [0.3, 0.4) is 0 Å². The molecule has 1 heterocycles. The Morgan fingerprint density at radius 3 is 2.67 bits per heavy atom. The van der Waals surface area contributed by atoms with Gasteiger partial charge in [0.05, 0.1) is 10.8 Å². The molecule has 0 bridgehead atoms. The molecule has 1 aromatic heterocycles. The minimum Gasteiger partial charge on any atom is -0.507 e. The minimum absolute atomic E-state index is 0.00204. The fraction of sp³-hybridized carbons (Fsp3) is 0.100. The molecule has 0 unspecified atom stereocenters. The lowest BCUT2D eigenvalue weighted by molar-refractivity contribution is 0.231. The summed E-state index contributed by atoms with van der Waals surface area (Å²) >= 11 is 0. The zero-order valence-corrected chi connectivity index (χ0v) is 7.60. The standard InChI is InChI=1S/C10H8O5/c11-4-7-9(13)8-5(10(14)15-7)2-1-3-6(8)12/h1-3,11-13H,4H2. The summed E-state index contributed by atoms with van der Waals surface area (Å²) in [5.41, 5.74) is -0.706. The molecular formula is C10H8O5. The molecule has 5 nitrogen and oxygen atoms in total. The Hall–Kier alpha value is -2.01. The molecule has 0 radical (unpaired) electrons. The third-order valence-electron chi connectivity index (χ3n) is 2.12. The molecule has 0 saturated heterocycles. The van der Waals surface area contributed by atoms with E-state index >= 15 is 0 Å². The number of hydrogen-bond acceptors (Lipinski definition) is 5. The topological polar surface area (TPSA) is 90.9 Å². The monoisotopic (exact) mass is 208 g/mol. The highest BCUT2D eigenvalue weighted by Gasteiger charge is 2.14. The molecule has 2 aromatic rings. The van der Waals surface area contributed by atoms with Crippen LogP contribution in [0.4, 0.5) is 0 Å². The molecule has 0 spiro atoms. The van der Waals surface area contributed by atoms with Gasteiger partial charge in [-0.05, 0) is 12.1 Å². The van der Waals surface area contributed by atoms with Crippen LogP contribution in [0.25, 0.3) is 10.8 Å². The summed E-state index contributed by atoms with van der Waals surface area (Å²) in [7, 11) is 0. The van der Waals surface area contributed by atoms with E-state index in [9.17, 15) is 15.0 Å². The lowest BCUT2D eigenvalue weighted by Crippen LogP contribution is -2.02. The first-order valence-electron chi connectivity index (χ1n) is 4.22. The summed E-state index contributed by atoms with van der Waals surface area (Å²) in [4.78, 5) is 11.4. The molecule has 0 amide bonds. The predicted octanol–water partition coefficient (Wildman–Crippen LogP) is 0.696. The third kappa shape index (κ3) is 1.33. The van der Waals surface area contributed by atoms with E-state index in [4.69, 9.17) is 5.11 Å². The second-order valence-electron chi connectivity index (χ2n) is 3.02. The summed E-state index contributed by atoms with van der Waals surface area (Å²) in [6, 6.07) is 4.22. The second-order valence-corrected chi connectivity index (χ2v) is 3.02. The molecule has 2 rings (SSSR count). The number of aromatic hydroxyl groups is 2. The normalized spacial score (nSPS) is 10.7. The quantitative estimate of drug-likeness (QED) is 0.641. The van der Waals surface area contributed by atoms with E-state index < -0.39 is 18.0 Å². The molecule has 0 saturated carbocycles. The van der Waals surface area contributed by atoms with Crippen LogP contribution in [-0.4, -0.2) is 15.3 Å². The second kappa shape index (κ2) is 3.29. The van der Waals surface area contributed by atoms with Crippen molar-refractivity contribution in [3.63, 3.8) is 0 Å². The Kier molecular flexibility index (Phi) is 2.09. The van der Waals surface area contributed by atoms with Gasteiger partial charge in [0.15, 0.2) is 11.5 Å². The van der Waals surface area contributed by atoms with Crippen molar-refractivity contribution in [3.05, 3.63) is 34.4 Å². The summed E-state index contributed by atoms with van der Waals surface area (Å²) in [5, 5.41) is 28.0. The number of aliphatic hydroxyl groups excluding tert-OH is 1. The number of hydrogen-bond donors (Lipinski definition) is 3. The van der Waals surface area contributed by atoms with Crippen molar-refractivity contribution >= 4 is 10.8 Å². The van der Waals surface area contributed by atoms with E-state index in [2.05, 4.69) is 4.42 Å². The summed E-state index contributed by atoms with van der Waals surface area (Å²) in [5.74, 6) is -0.896. The molecule has 0 atom stereocenters. The minimum atomic E-state index is -0.706. The predicted molar refractivity (Wildman–Crippen MR) is 51.7 cm³/mol. The van der Waals surface area contributed by atoms with Crippen molar-refractivity contribution in [1.29, 1.82) is 0 Å². The van der Waals surface area contributed by atoms with Crippen LogP contribution in [0.1, 0.15) is 5.76 Å². The lowest BCUT2D eigenvalue weighted by atomic mass is 10.1. The van der Waals surface area contributed by atoms with E-state index in [-0.39, 0.29) is 22.3 Å². The highest BCUT2D eigenvalue weighted by atomic mass is 16.4. The highest BCUT2D eigenvalue weighted by Crippen LogP contribution is 2.32. The smallest absolute Gasteiger partial charge is 0.344 e. The van der Waals surface area contributed by atoms with Gasteiger partial charge < -0.3 is 19.7 Å². The Labute approximate surface area is 83.8 Å². The molecule has 0 aliphatic rings. The van der Waals surface area contributed by atoms with Gasteiger partial charge in [-0.2, -0.15) is 0 Å². The van der Waals surface area contributed by atoms with Crippen LogP contribution < -0.4 is 5.63 Å². The van der Waals surface area contributed by atoms with Gasteiger partial charge in [0.1, 0.15) is 12.4 Å². The van der Waals surface area contributed by atoms with E-state index in [1.807, 2.05) is 0 Å². The van der Waals surface area contributed by atoms with Crippen molar-refractivity contribution in [2.75, 3.05) is 0 Å². The van der Waals surface area contributed by atoms with E-state index in [0.29, 0.717) is 0 Å². The molecule has 0 aliphatic heterocycles. The van der Waals surface area contributed by atoms with Crippen LogP contribution in [0.2, 0.25) is 0 Å². The fourth-order valence-corrected chi connectivity index (χ4v) is 1.42. The Morgan fingerprint density at radius 2 is 2.00 bits per heavy atom. The number of phenols is 1. The zero-order chi connectivity index (χ0) is 11.0. The molecular weight excluding hydrogens is 200 g/mol. The first kappa shape index (κ1) is 9.54. The maximum absolute atomic E-state index is 11.4. The number of aliphatic hydroxyl groups is 1. The van der Waals surface area contributed by atoms with Crippen LogP contribution in [0.15, 0.2) is 27.4 Å². The molecule has 0 fully saturated rings. The summed E-state index contributed by atoms with van der Waals surface area (Å²) < 4.78 is 4.66. The zero-order valence-electron chi connectivity index (χ0n) is 7.60. The van der Waals surface area contributed by atoms with Crippen molar-refractivity contribution in [2.45, 2.75) is 6.61 Å². The number of phenolic OH excluding ortho intramolecular Hbond substituents is 1. The van der Waals surface area contributed by atoms with Crippen LogP contribution in [0.5, 0.6) is 11.5 Å². The summed E-state index contributed by atoms with van der Waals surface area (Å²) in [6.45, 7) is -0.606. The number of benzene rings is 1. The van der Waals surface area contributed by atoms with Gasteiger partial charge in [0, 0.05) is 0 Å². The van der Waals surface area contributed by atoms with Gasteiger partial charge in [0.2, 0.25) is 0 Å². The molecule has 3 N–H and O–H groups in total. The first-order valence-corrected chi connectivity index (χ1v) is 4.22. The van der Waals surface area contributed by atoms with Crippen LogP contribution in [0, 0.1) is 0 Å². The first-order chi connectivity index (χ1) is 7.15. The van der Waals surface area contributed by atoms with E-state index in [1.165, 1.54) is 18.2 Å². The van der Waals surface area contributed by atoms with Crippen molar-refractivity contribution in [2.24, 2.45) is 0 Å². The van der Waals surface area contributed by atoms with Gasteiger partial charge in [-0.3, -0.25) is 0 Å². The fourth-order valence-electron chi connectivity index (χ4n) is 1.42. The largest absolute Gasteiger partial charge is 0.507 e. The molecule has 5 heteroatoms. The Bertz CT molecular complexity index is 570. The molecule has 78 valence electrons. The number of rotatable bonds is 1. The van der Waals surface area contributed by atoms with Crippen molar-refractivity contribution in [3.8, 4) is 11.5 Å². The Morgan fingerprint density at radius 1 is 1.27 bits per heavy atom. The van der Waals surface area contributed by atoms with E-state index in [1.54, 1.807) is 0 Å². The van der Waals surface area contributed by atoms with Crippen LogP contribution >= 0.6 is 0 Å². The number of fused-ring (bicyclic) bond motifs is 1. The van der Waals surface area contributed by atoms with E-state index in [0.717, 1.165) is 0 Å². The maximum atomic E-state index is 11.4. The summed E-state index contributed by atoms with van der Waals surface area (Å²) in [6.07, 6.45) is 0. The van der Waals surface area contributed by atoms with Crippen LogP contribution in [-0.2, 0) is 6.61 Å². The van der Waals surface area contributed by atoms with Gasteiger partial charge in [-0.1, -0.05) is 6.07 Å². The average Bonchev–Trinajstić information content (AvgIpc) is 2.23. The molecule has 1 aromatic carbocycles. The van der Waals surface area contributed by atoms with Gasteiger partial charge in [-0.15, -0.1) is 0 Å².